The van der Waals surface area contributed by atoms with Crippen molar-refractivity contribution in [2.24, 2.45) is 0 Å². The van der Waals surface area contributed by atoms with Gasteiger partial charge in [-0.1, -0.05) is 19.1 Å². The molecule has 0 fully saturated rings. The number of imidazole rings is 1. The number of fused-ring (bicyclic) bond motifs is 1. The largest absolute Gasteiger partial charge is 0.493 e. The topological polar surface area (TPSA) is 94.7 Å². The van der Waals surface area contributed by atoms with E-state index in [2.05, 4.69) is 19.9 Å². The summed E-state index contributed by atoms with van der Waals surface area (Å²) >= 11 is 0. The second-order valence-electron chi connectivity index (χ2n) is 4.55. The summed E-state index contributed by atoms with van der Waals surface area (Å²) in [5.74, 6) is 0.879. The van der Waals surface area contributed by atoms with Gasteiger partial charge in [-0.15, -0.1) is 0 Å². The predicted molar refractivity (Wildman–Crippen MR) is 74.8 cm³/mol. The summed E-state index contributed by atoms with van der Waals surface area (Å²) in [5, 5.41) is 9.73. The number of nitrogens with zero attached hydrogens (tertiary/aromatic N) is 2. The number of hydrogen-bond acceptors (Lipinski definition) is 4. The van der Waals surface area contributed by atoms with Gasteiger partial charge in [0.1, 0.15) is 11.6 Å². The average Bonchev–Trinajstić information content (AvgIpc) is 2.80. The molecule has 0 spiro atoms. The Hall–Kier alpha value is -2.63. The van der Waals surface area contributed by atoms with Crippen molar-refractivity contribution < 1.29 is 5.11 Å². The lowest BCUT2D eigenvalue weighted by molar-refractivity contribution is 0.440. The van der Waals surface area contributed by atoms with E-state index in [4.69, 9.17) is 0 Å². The molecule has 6 nitrogen and oxygen atoms in total. The van der Waals surface area contributed by atoms with Gasteiger partial charge in [0.2, 0.25) is 5.88 Å². The van der Waals surface area contributed by atoms with Crippen LogP contribution in [0.3, 0.4) is 0 Å². The van der Waals surface area contributed by atoms with Crippen molar-refractivity contribution in [1.29, 1.82) is 0 Å². The Morgan fingerprint density at radius 1 is 1.15 bits per heavy atom. The smallest absolute Gasteiger partial charge is 0.257 e. The number of hydrogen-bond donors (Lipinski definition) is 3. The lowest BCUT2D eigenvalue weighted by Crippen LogP contribution is -2.16. The highest BCUT2D eigenvalue weighted by Gasteiger charge is 2.10. The molecule has 0 bridgehead atoms. The third kappa shape index (κ3) is 2.16. The minimum Gasteiger partial charge on any atom is -0.493 e. The summed E-state index contributed by atoms with van der Waals surface area (Å²) in [4.78, 5) is 26.0. The van der Waals surface area contributed by atoms with Gasteiger partial charge in [0.25, 0.3) is 5.56 Å². The SMILES string of the molecule is CCc1c(O)nc(Cc2nc3ccccc3[nH]2)[nH]c1=O. The van der Waals surface area contributed by atoms with Gasteiger partial charge in [0, 0.05) is 0 Å². The molecule has 2 aromatic heterocycles. The molecule has 0 aliphatic heterocycles. The van der Waals surface area contributed by atoms with Crippen molar-refractivity contribution in [2.75, 3.05) is 0 Å². The van der Waals surface area contributed by atoms with Gasteiger partial charge < -0.3 is 15.1 Å². The second kappa shape index (κ2) is 4.80. The maximum atomic E-state index is 11.8. The number of aromatic hydroxyl groups is 1. The fourth-order valence-electron chi connectivity index (χ4n) is 2.18. The minimum absolute atomic E-state index is 0.206. The Kier molecular flexibility index (Phi) is 2.98. The molecule has 0 atom stereocenters. The summed E-state index contributed by atoms with van der Waals surface area (Å²) in [7, 11) is 0. The number of rotatable bonds is 3. The second-order valence-corrected chi connectivity index (χ2v) is 4.55. The molecule has 0 amide bonds. The average molecular weight is 270 g/mol. The van der Waals surface area contributed by atoms with Crippen molar-refractivity contribution in [2.45, 2.75) is 19.8 Å². The first-order chi connectivity index (χ1) is 9.67. The van der Waals surface area contributed by atoms with Gasteiger partial charge in [0.05, 0.1) is 23.0 Å². The van der Waals surface area contributed by atoms with E-state index in [1.54, 1.807) is 6.92 Å². The van der Waals surface area contributed by atoms with Crippen LogP contribution in [0.15, 0.2) is 29.1 Å². The van der Waals surface area contributed by atoms with Crippen molar-refractivity contribution in [3.8, 4) is 5.88 Å². The molecule has 0 unspecified atom stereocenters. The molecular formula is C14H14N4O2. The van der Waals surface area contributed by atoms with Crippen LogP contribution in [-0.4, -0.2) is 25.0 Å². The molecule has 0 saturated heterocycles. The molecule has 3 N–H and O–H groups in total. The van der Waals surface area contributed by atoms with Gasteiger partial charge in [-0.2, -0.15) is 4.98 Å². The molecule has 0 saturated carbocycles. The van der Waals surface area contributed by atoms with Crippen LogP contribution in [0.2, 0.25) is 0 Å². The van der Waals surface area contributed by atoms with Crippen LogP contribution in [0.4, 0.5) is 0 Å². The molecule has 1 aromatic carbocycles. The first-order valence-corrected chi connectivity index (χ1v) is 6.42. The van der Waals surface area contributed by atoms with Gasteiger partial charge in [-0.3, -0.25) is 4.79 Å². The number of aromatic amines is 2. The summed E-state index contributed by atoms with van der Waals surface area (Å²) < 4.78 is 0. The third-order valence-corrected chi connectivity index (χ3v) is 3.17. The van der Waals surface area contributed by atoms with Crippen LogP contribution in [0.1, 0.15) is 24.1 Å². The summed E-state index contributed by atoms with van der Waals surface area (Å²) in [6.07, 6.45) is 0.778. The van der Waals surface area contributed by atoms with Gasteiger partial charge >= 0.3 is 0 Å². The predicted octanol–water partition coefficient (Wildman–Crippen LogP) is 1.50. The summed E-state index contributed by atoms with van der Waals surface area (Å²) in [5.41, 5.74) is 1.79. The molecule has 102 valence electrons. The van der Waals surface area contributed by atoms with Gasteiger partial charge in [-0.25, -0.2) is 4.98 Å². The van der Waals surface area contributed by atoms with E-state index in [0.29, 0.717) is 30.1 Å². The normalized spacial score (nSPS) is 11.1. The third-order valence-electron chi connectivity index (χ3n) is 3.17. The molecule has 0 aliphatic rings. The van der Waals surface area contributed by atoms with E-state index in [1.807, 2.05) is 24.3 Å². The Bertz CT molecular complexity index is 786. The van der Waals surface area contributed by atoms with Crippen LogP contribution in [0.5, 0.6) is 5.88 Å². The van der Waals surface area contributed by atoms with Crippen LogP contribution in [0.25, 0.3) is 11.0 Å². The minimum atomic E-state index is -0.300. The molecule has 0 radical (unpaired) electrons. The zero-order chi connectivity index (χ0) is 14.1. The van der Waals surface area contributed by atoms with Crippen molar-refractivity contribution in [3.63, 3.8) is 0 Å². The standard InChI is InChI=1S/C14H14N4O2/c1-2-8-13(19)17-12(18-14(8)20)7-11-15-9-5-3-4-6-10(9)16-11/h3-6H,2,7H2,1H3,(H,15,16)(H2,17,18,19,20). The van der Waals surface area contributed by atoms with E-state index in [9.17, 15) is 9.90 Å². The van der Waals surface area contributed by atoms with E-state index in [1.165, 1.54) is 0 Å². The van der Waals surface area contributed by atoms with Crippen molar-refractivity contribution in [1.82, 2.24) is 19.9 Å². The molecule has 6 heteroatoms. The number of nitrogens with one attached hydrogen (secondary N) is 2. The highest BCUT2D eigenvalue weighted by molar-refractivity contribution is 5.74. The highest BCUT2D eigenvalue weighted by Crippen LogP contribution is 2.13. The first kappa shape index (κ1) is 12.4. The number of aromatic nitrogens is 4. The Morgan fingerprint density at radius 2 is 1.90 bits per heavy atom. The Morgan fingerprint density at radius 3 is 2.60 bits per heavy atom. The van der Waals surface area contributed by atoms with E-state index in [0.717, 1.165) is 11.0 Å². The van der Waals surface area contributed by atoms with E-state index < -0.39 is 0 Å². The maximum Gasteiger partial charge on any atom is 0.257 e. The molecule has 3 rings (SSSR count). The molecule has 2 heterocycles. The molecule has 20 heavy (non-hydrogen) atoms. The van der Waals surface area contributed by atoms with E-state index >= 15 is 0 Å². The van der Waals surface area contributed by atoms with Crippen molar-refractivity contribution in [3.05, 3.63) is 51.8 Å². The fraction of sp³-hybridized carbons (Fsp3) is 0.214. The molecule has 3 aromatic rings. The van der Waals surface area contributed by atoms with Crippen LogP contribution >= 0.6 is 0 Å². The van der Waals surface area contributed by atoms with E-state index in [-0.39, 0.29) is 11.4 Å². The Balaban J connectivity index is 1.96. The number of benzene rings is 1. The summed E-state index contributed by atoms with van der Waals surface area (Å²) in [6.45, 7) is 1.80. The van der Waals surface area contributed by atoms with Crippen molar-refractivity contribution >= 4 is 11.0 Å². The molecule has 0 aliphatic carbocycles. The van der Waals surface area contributed by atoms with Gasteiger partial charge in [0.15, 0.2) is 0 Å². The van der Waals surface area contributed by atoms with Gasteiger partial charge in [-0.05, 0) is 18.6 Å². The highest BCUT2D eigenvalue weighted by atomic mass is 16.3. The first-order valence-electron chi connectivity index (χ1n) is 6.42. The lowest BCUT2D eigenvalue weighted by atomic mass is 10.2. The zero-order valence-corrected chi connectivity index (χ0v) is 11.0. The quantitative estimate of drug-likeness (QED) is 0.672. The Labute approximate surface area is 114 Å². The maximum absolute atomic E-state index is 11.8. The summed E-state index contributed by atoms with van der Waals surface area (Å²) in [6, 6.07) is 7.67. The zero-order valence-electron chi connectivity index (χ0n) is 11.0. The molecular weight excluding hydrogens is 256 g/mol. The lowest BCUT2D eigenvalue weighted by Gasteiger charge is -2.02. The van der Waals surface area contributed by atoms with Crippen LogP contribution < -0.4 is 5.56 Å². The number of para-hydroxylation sites is 2. The van der Waals surface area contributed by atoms with Crippen LogP contribution in [-0.2, 0) is 12.8 Å². The van der Waals surface area contributed by atoms with Crippen LogP contribution in [0, 0.1) is 0 Å². The fourth-order valence-corrected chi connectivity index (χ4v) is 2.18. The monoisotopic (exact) mass is 270 g/mol. The number of H-pyrrole nitrogens is 2.